The van der Waals surface area contributed by atoms with E-state index in [0.29, 0.717) is 5.75 Å². The van der Waals surface area contributed by atoms with Crippen molar-refractivity contribution in [2.24, 2.45) is 17.6 Å². The average Bonchev–Trinajstić information content (AvgIpc) is 3.12. The van der Waals surface area contributed by atoms with E-state index in [0.717, 1.165) is 4.90 Å². The van der Waals surface area contributed by atoms with Crippen LogP contribution in [0.5, 0.6) is 11.5 Å². The molecule has 2 aliphatic heterocycles. The molecule has 2 amide bonds. The number of nitrogens with two attached hydrogens (primary N) is 1. The number of benzene rings is 1. The van der Waals surface area contributed by atoms with E-state index in [1.165, 1.54) is 6.07 Å². The van der Waals surface area contributed by atoms with Crippen LogP contribution in [0.3, 0.4) is 0 Å². The molecule has 1 aromatic carbocycles. The summed E-state index contributed by atoms with van der Waals surface area (Å²) in [4.78, 5) is 24.8. The average molecular weight is 330 g/mol. The molecule has 0 spiro atoms. The van der Waals surface area contributed by atoms with Gasteiger partial charge < -0.3 is 20.1 Å². The molecule has 0 aromatic heterocycles. The lowest BCUT2D eigenvalue weighted by molar-refractivity contribution is -0.182. The maximum absolute atomic E-state index is 13.0. The molecule has 0 radical (unpaired) electrons. The first-order chi connectivity index (χ1) is 10.8. The molecule has 9 heteroatoms. The first-order valence-corrected chi connectivity index (χ1v) is 6.83. The van der Waals surface area contributed by atoms with Crippen molar-refractivity contribution < 1.29 is 32.2 Å². The molecule has 2 aliphatic rings. The second-order valence-corrected chi connectivity index (χ2v) is 5.41. The Labute approximate surface area is 128 Å². The minimum Gasteiger partial charge on any atom is -0.454 e. The Morgan fingerprint density at radius 3 is 2.57 bits per heavy atom. The fourth-order valence-corrected chi connectivity index (χ4v) is 2.86. The predicted molar refractivity (Wildman–Crippen MR) is 70.7 cm³/mol. The summed E-state index contributed by atoms with van der Waals surface area (Å²) >= 11 is 0. The lowest BCUT2D eigenvalue weighted by Crippen LogP contribution is -2.37. The molecule has 6 nitrogen and oxygen atoms in total. The summed E-state index contributed by atoms with van der Waals surface area (Å²) in [5.74, 6) is -4.57. The zero-order valence-corrected chi connectivity index (χ0v) is 11.8. The molecule has 2 atom stereocenters. The SMILES string of the molecule is NC(=O)[C@@H]1CN(C(=O)c2cccc3c2OCO3)C[C@H]1C(F)(F)F. The fraction of sp³-hybridized carbons (Fsp3) is 0.429. The first kappa shape index (κ1) is 15.4. The Balaban J connectivity index is 1.87. The van der Waals surface area contributed by atoms with E-state index in [-0.39, 0.29) is 24.7 Å². The molecule has 2 heterocycles. The van der Waals surface area contributed by atoms with Crippen LogP contribution in [0.15, 0.2) is 18.2 Å². The standard InChI is InChI=1S/C14H13F3N2O4/c15-14(16,17)9-5-19(4-8(9)12(18)20)13(21)7-2-1-3-10-11(7)23-6-22-10/h1-3,8-9H,4-6H2,(H2,18,20)/t8-,9-/m1/s1. The van der Waals surface area contributed by atoms with Gasteiger partial charge in [-0.2, -0.15) is 13.2 Å². The number of rotatable bonds is 2. The third kappa shape index (κ3) is 2.66. The van der Waals surface area contributed by atoms with Crippen LogP contribution in [0, 0.1) is 11.8 Å². The van der Waals surface area contributed by atoms with Crippen molar-refractivity contribution in [1.29, 1.82) is 0 Å². The third-order valence-corrected chi connectivity index (χ3v) is 4.02. The quantitative estimate of drug-likeness (QED) is 0.882. The lowest BCUT2D eigenvalue weighted by Gasteiger charge is -2.19. The lowest BCUT2D eigenvalue weighted by atomic mass is 9.95. The van der Waals surface area contributed by atoms with Crippen molar-refractivity contribution in [1.82, 2.24) is 4.90 Å². The molecular weight excluding hydrogens is 317 g/mol. The van der Waals surface area contributed by atoms with Crippen molar-refractivity contribution in [3.63, 3.8) is 0 Å². The van der Waals surface area contributed by atoms with Crippen LogP contribution in [0.1, 0.15) is 10.4 Å². The third-order valence-electron chi connectivity index (χ3n) is 4.02. The van der Waals surface area contributed by atoms with Gasteiger partial charge in [0.25, 0.3) is 5.91 Å². The summed E-state index contributed by atoms with van der Waals surface area (Å²) in [6.07, 6.45) is -4.60. The van der Waals surface area contributed by atoms with Crippen LogP contribution in [0.4, 0.5) is 13.2 Å². The zero-order valence-electron chi connectivity index (χ0n) is 11.8. The highest BCUT2D eigenvalue weighted by atomic mass is 19.4. The number of ether oxygens (including phenoxy) is 2. The monoisotopic (exact) mass is 330 g/mol. The topological polar surface area (TPSA) is 81.9 Å². The van der Waals surface area contributed by atoms with E-state index in [4.69, 9.17) is 15.2 Å². The fourth-order valence-electron chi connectivity index (χ4n) is 2.86. The van der Waals surface area contributed by atoms with Gasteiger partial charge in [0.2, 0.25) is 12.7 Å². The molecule has 3 rings (SSSR count). The van der Waals surface area contributed by atoms with Crippen LogP contribution in [-0.4, -0.2) is 42.8 Å². The van der Waals surface area contributed by atoms with Gasteiger partial charge in [0.05, 0.1) is 17.4 Å². The van der Waals surface area contributed by atoms with Gasteiger partial charge in [-0.3, -0.25) is 9.59 Å². The molecule has 23 heavy (non-hydrogen) atoms. The van der Waals surface area contributed by atoms with E-state index in [9.17, 15) is 22.8 Å². The molecule has 0 aliphatic carbocycles. The summed E-state index contributed by atoms with van der Waals surface area (Å²) in [6, 6.07) is 4.58. The Morgan fingerprint density at radius 2 is 1.96 bits per heavy atom. The zero-order chi connectivity index (χ0) is 16.8. The van der Waals surface area contributed by atoms with Gasteiger partial charge in [-0.1, -0.05) is 6.07 Å². The number of carbonyl (C=O) groups excluding carboxylic acids is 2. The van der Waals surface area contributed by atoms with E-state index < -0.39 is 36.4 Å². The molecule has 2 N–H and O–H groups in total. The van der Waals surface area contributed by atoms with E-state index in [1.807, 2.05) is 0 Å². The molecule has 124 valence electrons. The highest BCUT2D eigenvalue weighted by Gasteiger charge is 2.53. The van der Waals surface area contributed by atoms with Crippen molar-refractivity contribution in [3.8, 4) is 11.5 Å². The maximum Gasteiger partial charge on any atom is 0.394 e. The Hall–Kier alpha value is -2.45. The van der Waals surface area contributed by atoms with Crippen LogP contribution >= 0.6 is 0 Å². The van der Waals surface area contributed by atoms with E-state index in [1.54, 1.807) is 12.1 Å². The number of alkyl halides is 3. The predicted octanol–water partition coefficient (Wildman–Crippen LogP) is 1.15. The summed E-state index contributed by atoms with van der Waals surface area (Å²) in [6.45, 7) is -1.04. The molecule has 1 fully saturated rings. The molecule has 0 unspecified atom stereocenters. The van der Waals surface area contributed by atoms with Crippen LogP contribution in [-0.2, 0) is 4.79 Å². The van der Waals surface area contributed by atoms with Crippen molar-refractivity contribution >= 4 is 11.8 Å². The second-order valence-electron chi connectivity index (χ2n) is 5.41. The van der Waals surface area contributed by atoms with Crippen LogP contribution in [0.25, 0.3) is 0 Å². The molecule has 0 saturated carbocycles. The molecule has 0 bridgehead atoms. The molecule has 1 aromatic rings. The summed E-state index contributed by atoms with van der Waals surface area (Å²) in [5.41, 5.74) is 5.16. The van der Waals surface area contributed by atoms with Gasteiger partial charge in [-0.15, -0.1) is 0 Å². The van der Waals surface area contributed by atoms with Crippen LogP contribution < -0.4 is 15.2 Å². The largest absolute Gasteiger partial charge is 0.454 e. The minimum absolute atomic E-state index is 0.0608. The minimum atomic E-state index is -4.60. The number of carbonyl (C=O) groups is 2. The number of nitrogens with zero attached hydrogens (tertiary/aromatic N) is 1. The van der Waals surface area contributed by atoms with Gasteiger partial charge in [-0.25, -0.2) is 0 Å². The number of para-hydroxylation sites is 1. The Morgan fingerprint density at radius 1 is 1.22 bits per heavy atom. The number of likely N-dealkylation sites (tertiary alicyclic amines) is 1. The normalized spacial score (nSPS) is 23.2. The number of amides is 2. The van der Waals surface area contributed by atoms with E-state index in [2.05, 4.69) is 0 Å². The maximum atomic E-state index is 13.0. The second kappa shape index (κ2) is 5.32. The van der Waals surface area contributed by atoms with Crippen molar-refractivity contribution in [3.05, 3.63) is 23.8 Å². The van der Waals surface area contributed by atoms with E-state index >= 15 is 0 Å². The van der Waals surface area contributed by atoms with Crippen LogP contribution in [0.2, 0.25) is 0 Å². The van der Waals surface area contributed by atoms with Crippen molar-refractivity contribution in [2.75, 3.05) is 19.9 Å². The Bertz CT molecular complexity index is 662. The molecule has 1 saturated heterocycles. The summed E-state index contributed by atoms with van der Waals surface area (Å²) < 4.78 is 49.5. The first-order valence-electron chi connectivity index (χ1n) is 6.83. The highest BCUT2D eigenvalue weighted by molar-refractivity contribution is 5.98. The smallest absolute Gasteiger partial charge is 0.394 e. The van der Waals surface area contributed by atoms with Gasteiger partial charge in [-0.05, 0) is 12.1 Å². The van der Waals surface area contributed by atoms with Gasteiger partial charge in [0.15, 0.2) is 11.5 Å². The highest BCUT2D eigenvalue weighted by Crippen LogP contribution is 2.40. The molecular formula is C14H13F3N2O4. The Kier molecular flexibility index (Phi) is 3.57. The number of halogens is 3. The summed E-state index contributed by atoms with van der Waals surface area (Å²) in [5, 5.41) is 0. The van der Waals surface area contributed by atoms with Gasteiger partial charge in [0.1, 0.15) is 0 Å². The number of fused-ring (bicyclic) bond motifs is 1. The summed E-state index contributed by atoms with van der Waals surface area (Å²) in [7, 11) is 0. The number of primary amides is 1. The number of hydrogen-bond acceptors (Lipinski definition) is 4. The number of hydrogen-bond donors (Lipinski definition) is 1. The van der Waals surface area contributed by atoms with Gasteiger partial charge >= 0.3 is 6.18 Å². The van der Waals surface area contributed by atoms with Gasteiger partial charge in [0, 0.05) is 13.1 Å². The van der Waals surface area contributed by atoms with Crippen molar-refractivity contribution in [2.45, 2.75) is 6.18 Å².